The Morgan fingerprint density at radius 1 is 1.56 bits per heavy atom. The fourth-order valence-electron chi connectivity index (χ4n) is 1.77. The van der Waals surface area contributed by atoms with E-state index < -0.39 is 11.9 Å². The molecule has 0 saturated carbocycles. The zero-order valence-electron chi connectivity index (χ0n) is 9.41. The van der Waals surface area contributed by atoms with Crippen LogP contribution in [0.25, 0.3) is 5.78 Å². The van der Waals surface area contributed by atoms with Gasteiger partial charge in [0.25, 0.3) is 11.6 Å². The van der Waals surface area contributed by atoms with Gasteiger partial charge >= 0.3 is 11.9 Å². The van der Waals surface area contributed by atoms with Gasteiger partial charge in [0.15, 0.2) is 5.69 Å². The standard InChI is InChI=1S/C10H8N4O4/c1-17-9(16)7-12-10-11-4-5-2-3-18-8(15)6(5)14(10)13-7/h4H,2-3H2,1H3. The lowest BCUT2D eigenvalue weighted by Gasteiger charge is -2.14. The van der Waals surface area contributed by atoms with Crippen molar-refractivity contribution in [3.05, 3.63) is 23.3 Å². The molecule has 0 atom stereocenters. The molecule has 1 aliphatic heterocycles. The van der Waals surface area contributed by atoms with Crippen molar-refractivity contribution in [1.82, 2.24) is 19.6 Å². The first kappa shape index (κ1) is 10.6. The average molecular weight is 248 g/mol. The fourth-order valence-corrected chi connectivity index (χ4v) is 1.77. The highest BCUT2D eigenvalue weighted by atomic mass is 16.5. The zero-order valence-corrected chi connectivity index (χ0v) is 9.41. The number of nitrogens with zero attached hydrogens (tertiary/aromatic N) is 4. The maximum absolute atomic E-state index is 11.7. The number of cyclic esters (lactones) is 1. The highest BCUT2D eigenvalue weighted by Gasteiger charge is 2.25. The van der Waals surface area contributed by atoms with Crippen LogP contribution < -0.4 is 0 Å². The van der Waals surface area contributed by atoms with Crippen molar-refractivity contribution in [2.24, 2.45) is 0 Å². The molecule has 0 radical (unpaired) electrons. The Morgan fingerprint density at radius 3 is 3.17 bits per heavy atom. The molecule has 3 rings (SSSR count). The van der Waals surface area contributed by atoms with Gasteiger partial charge in [0, 0.05) is 18.2 Å². The quantitative estimate of drug-likeness (QED) is 0.635. The van der Waals surface area contributed by atoms with E-state index in [1.807, 2.05) is 0 Å². The minimum absolute atomic E-state index is 0.142. The van der Waals surface area contributed by atoms with Crippen LogP contribution in [0.2, 0.25) is 0 Å². The molecule has 0 fully saturated rings. The SMILES string of the molecule is COC(=O)c1nc2ncc3c(n2n1)C(=O)OCC3. The van der Waals surface area contributed by atoms with Crippen LogP contribution >= 0.6 is 0 Å². The summed E-state index contributed by atoms with van der Waals surface area (Å²) < 4.78 is 10.7. The summed E-state index contributed by atoms with van der Waals surface area (Å²) in [6, 6.07) is 0. The average Bonchev–Trinajstić information content (AvgIpc) is 2.81. The molecule has 2 aromatic rings. The van der Waals surface area contributed by atoms with Crippen molar-refractivity contribution in [2.75, 3.05) is 13.7 Å². The van der Waals surface area contributed by atoms with Crippen LogP contribution in [0.4, 0.5) is 0 Å². The van der Waals surface area contributed by atoms with Crippen LogP contribution in [0.3, 0.4) is 0 Å². The summed E-state index contributed by atoms with van der Waals surface area (Å²) in [7, 11) is 1.23. The Labute approximate surface area is 101 Å². The topological polar surface area (TPSA) is 95.7 Å². The van der Waals surface area contributed by atoms with Crippen LogP contribution in [0.15, 0.2) is 6.20 Å². The van der Waals surface area contributed by atoms with E-state index in [-0.39, 0.29) is 17.3 Å². The van der Waals surface area contributed by atoms with Crippen LogP contribution in [0, 0.1) is 0 Å². The van der Waals surface area contributed by atoms with Crippen molar-refractivity contribution in [3.8, 4) is 0 Å². The Hall–Kier alpha value is -2.51. The molecule has 3 heterocycles. The van der Waals surface area contributed by atoms with Gasteiger partial charge in [-0.25, -0.2) is 14.6 Å². The number of ether oxygens (including phenoxy) is 2. The number of aromatic nitrogens is 4. The van der Waals surface area contributed by atoms with Gasteiger partial charge in [0.2, 0.25) is 0 Å². The molecule has 92 valence electrons. The monoisotopic (exact) mass is 248 g/mol. The summed E-state index contributed by atoms with van der Waals surface area (Å²) in [6.07, 6.45) is 2.11. The molecular formula is C10H8N4O4. The van der Waals surface area contributed by atoms with E-state index in [9.17, 15) is 9.59 Å². The maximum atomic E-state index is 11.7. The normalized spacial score (nSPS) is 14.2. The fraction of sp³-hybridized carbons (Fsp3) is 0.300. The smallest absolute Gasteiger partial charge is 0.378 e. The third-order valence-electron chi connectivity index (χ3n) is 2.61. The molecule has 18 heavy (non-hydrogen) atoms. The van der Waals surface area contributed by atoms with E-state index in [0.29, 0.717) is 13.0 Å². The summed E-state index contributed by atoms with van der Waals surface area (Å²) in [5, 5.41) is 3.91. The van der Waals surface area contributed by atoms with Gasteiger partial charge in [0.1, 0.15) is 0 Å². The second-order valence-corrected chi connectivity index (χ2v) is 3.66. The number of fused-ring (bicyclic) bond motifs is 3. The Bertz CT molecular complexity index is 663. The van der Waals surface area contributed by atoms with Crippen molar-refractivity contribution >= 4 is 17.7 Å². The Balaban J connectivity index is 2.25. The van der Waals surface area contributed by atoms with Crippen molar-refractivity contribution in [1.29, 1.82) is 0 Å². The summed E-state index contributed by atoms with van der Waals surface area (Å²) in [5.41, 5.74) is 0.981. The van der Waals surface area contributed by atoms with Gasteiger partial charge in [-0.3, -0.25) is 0 Å². The molecule has 0 N–H and O–H groups in total. The lowest BCUT2D eigenvalue weighted by Crippen LogP contribution is -2.22. The highest BCUT2D eigenvalue weighted by molar-refractivity contribution is 5.91. The van der Waals surface area contributed by atoms with E-state index >= 15 is 0 Å². The van der Waals surface area contributed by atoms with E-state index in [2.05, 4.69) is 19.8 Å². The van der Waals surface area contributed by atoms with Crippen LogP contribution in [0.5, 0.6) is 0 Å². The number of carbonyl (C=O) groups is 2. The van der Waals surface area contributed by atoms with Gasteiger partial charge < -0.3 is 9.47 Å². The Kier molecular flexibility index (Phi) is 2.22. The summed E-state index contributed by atoms with van der Waals surface area (Å²) in [6.45, 7) is 0.317. The van der Waals surface area contributed by atoms with Gasteiger partial charge in [0.05, 0.1) is 13.7 Å². The van der Waals surface area contributed by atoms with Gasteiger partial charge in [-0.1, -0.05) is 0 Å². The summed E-state index contributed by atoms with van der Waals surface area (Å²) in [4.78, 5) is 30.9. The predicted octanol–water partition coefficient (Wildman–Crippen LogP) is -0.376. The molecule has 8 nitrogen and oxygen atoms in total. The molecular weight excluding hydrogens is 240 g/mol. The largest absolute Gasteiger partial charge is 0.463 e. The molecule has 0 unspecified atom stereocenters. The predicted molar refractivity (Wildman–Crippen MR) is 56.1 cm³/mol. The zero-order chi connectivity index (χ0) is 12.7. The lowest BCUT2D eigenvalue weighted by atomic mass is 10.1. The number of hydrogen-bond acceptors (Lipinski definition) is 7. The first-order valence-corrected chi connectivity index (χ1v) is 5.21. The molecule has 0 aliphatic carbocycles. The molecule has 2 aromatic heterocycles. The van der Waals surface area contributed by atoms with Gasteiger partial charge in [-0.05, 0) is 0 Å². The van der Waals surface area contributed by atoms with Crippen molar-refractivity contribution in [3.63, 3.8) is 0 Å². The molecule has 1 aliphatic rings. The van der Waals surface area contributed by atoms with Crippen LogP contribution in [-0.2, 0) is 15.9 Å². The van der Waals surface area contributed by atoms with Gasteiger partial charge in [-0.15, -0.1) is 5.10 Å². The van der Waals surface area contributed by atoms with E-state index in [1.54, 1.807) is 6.20 Å². The van der Waals surface area contributed by atoms with E-state index in [0.717, 1.165) is 5.56 Å². The van der Waals surface area contributed by atoms with Gasteiger partial charge in [-0.2, -0.15) is 9.50 Å². The van der Waals surface area contributed by atoms with Crippen LogP contribution in [0.1, 0.15) is 26.7 Å². The number of hydrogen-bond donors (Lipinski definition) is 0. The number of methoxy groups -OCH3 is 1. The number of carbonyl (C=O) groups excluding carboxylic acids is 2. The van der Waals surface area contributed by atoms with E-state index in [1.165, 1.54) is 11.6 Å². The minimum Gasteiger partial charge on any atom is -0.463 e. The second-order valence-electron chi connectivity index (χ2n) is 3.66. The molecule has 0 saturated heterocycles. The first-order valence-electron chi connectivity index (χ1n) is 5.21. The third-order valence-corrected chi connectivity index (χ3v) is 2.61. The Morgan fingerprint density at radius 2 is 2.39 bits per heavy atom. The van der Waals surface area contributed by atoms with Crippen molar-refractivity contribution in [2.45, 2.75) is 6.42 Å². The molecule has 0 amide bonds. The third kappa shape index (κ3) is 1.42. The second kappa shape index (κ2) is 3.76. The minimum atomic E-state index is -0.682. The molecule has 0 bridgehead atoms. The number of esters is 2. The molecule has 0 aromatic carbocycles. The number of rotatable bonds is 1. The summed E-state index contributed by atoms with van der Waals surface area (Å²) in [5.74, 6) is -1.16. The highest BCUT2D eigenvalue weighted by Crippen LogP contribution is 2.16. The summed E-state index contributed by atoms with van der Waals surface area (Å²) >= 11 is 0. The molecule has 0 spiro atoms. The first-order chi connectivity index (χ1) is 8.70. The van der Waals surface area contributed by atoms with Crippen molar-refractivity contribution < 1.29 is 19.1 Å². The maximum Gasteiger partial charge on any atom is 0.378 e. The molecule has 8 heteroatoms. The lowest BCUT2D eigenvalue weighted by molar-refractivity contribution is 0.0465. The van der Waals surface area contributed by atoms with E-state index in [4.69, 9.17) is 4.74 Å². The van der Waals surface area contributed by atoms with Crippen LogP contribution in [-0.4, -0.2) is 45.2 Å².